The maximum absolute atomic E-state index is 11.7. The maximum atomic E-state index is 11.7. The minimum atomic E-state index is -0.538. The number of carbonyl (C=O) groups is 2. The summed E-state index contributed by atoms with van der Waals surface area (Å²) in [5.41, 5.74) is 11.2. The summed E-state index contributed by atoms with van der Waals surface area (Å²) < 4.78 is 4.90. The fraction of sp³-hybridized carbons (Fsp3) is 0.364. The van der Waals surface area contributed by atoms with Crippen LogP contribution in [0.15, 0.2) is 12.3 Å². The number of pyridine rings is 1. The summed E-state index contributed by atoms with van der Waals surface area (Å²) in [5, 5.41) is 0. The van der Waals surface area contributed by atoms with Crippen molar-refractivity contribution in [2.75, 3.05) is 30.8 Å². The number of carbonyl (C=O) groups excluding carboxylic acids is 2. The molecule has 0 atom stereocenters. The first-order valence-electron chi connectivity index (χ1n) is 5.37. The van der Waals surface area contributed by atoms with Gasteiger partial charge in [0.15, 0.2) is 0 Å². The minimum Gasteiger partial charge on any atom is -0.462 e. The zero-order valence-electron chi connectivity index (χ0n) is 10.3. The van der Waals surface area contributed by atoms with E-state index in [1.165, 1.54) is 17.2 Å². The minimum absolute atomic E-state index is 0.0523. The second-order valence-electron chi connectivity index (χ2n) is 3.68. The average molecular weight is 252 g/mol. The number of aromatic nitrogens is 1. The van der Waals surface area contributed by atoms with E-state index in [1.807, 2.05) is 0 Å². The van der Waals surface area contributed by atoms with Crippen LogP contribution in [0.5, 0.6) is 0 Å². The number of amides is 1. The monoisotopic (exact) mass is 252 g/mol. The molecule has 0 unspecified atom stereocenters. The summed E-state index contributed by atoms with van der Waals surface area (Å²) in [7, 11) is 1.60. The fourth-order valence-corrected chi connectivity index (χ4v) is 1.45. The van der Waals surface area contributed by atoms with Gasteiger partial charge in [-0.05, 0) is 13.0 Å². The van der Waals surface area contributed by atoms with Gasteiger partial charge in [0.1, 0.15) is 11.4 Å². The van der Waals surface area contributed by atoms with E-state index in [0.29, 0.717) is 11.5 Å². The molecule has 0 aliphatic heterocycles. The van der Waals surface area contributed by atoms with Crippen LogP contribution in [-0.2, 0) is 9.53 Å². The standard InChI is InChI=1S/C11H16N4O3/c1-3-18-11(17)8-4-7(12)5-14-10(8)15(2)6-9(13)16/h4-5H,3,6,12H2,1-2H3,(H2,13,16). The number of nitrogen functional groups attached to an aromatic ring is 1. The maximum Gasteiger partial charge on any atom is 0.341 e. The molecule has 0 aliphatic carbocycles. The molecule has 7 nitrogen and oxygen atoms in total. The van der Waals surface area contributed by atoms with E-state index in [0.717, 1.165) is 0 Å². The van der Waals surface area contributed by atoms with Gasteiger partial charge in [-0.15, -0.1) is 0 Å². The third kappa shape index (κ3) is 3.34. The van der Waals surface area contributed by atoms with Crippen molar-refractivity contribution >= 4 is 23.4 Å². The van der Waals surface area contributed by atoms with Gasteiger partial charge in [-0.1, -0.05) is 0 Å². The molecule has 18 heavy (non-hydrogen) atoms. The Morgan fingerprint density at radius 2 is 2.17 bits per heavy atom. The molecule has 0 saturated carbocycles. The number of anilines is 2. The molecule has 1 aromatic heterocycles. The van der Waals surface area contributed by atoms with Crippen LogP contribution >= 0.6 is 0 Å². The number of hydrogen-bond acceptors (Lipinski definition) is 6. The van der Waals surface area contributed by atoms with Gasteiger partial charge in [0.25, 0.3) is 0 Å². The van der Waals surface area contributed by atoms with Crippen molar-refractivity contribution in [1.29, 1.82) is 0 Å². The summed E-state index contributed by atoms with van der Waals surface area (Å²) in [6.45, 7) is 1.89. The SMILES string of the molecule is CCOC(=O)c1cc(N)cnc1N(C)CC(N)=O. The molecule has 0 spiro atoms. The third-order valence-electron chi connectivity index (χ3n) is 2.14. The molecule has 1 amide bonds. The van der Waals surface area contributed by atoms with Crippen LogP contribution in [-0.4, -0.2) is 37.1 Å². The molecule has 0 radical (unpaired) electrons. The van der Waals surface area contributed by atoms with Gasteiger partial charge in [0, 0.05) is 7.05 Å². The second-order valence-corrected chi connectivity index (χ2v) is 3.68. The van der Waals surface area contributed by atoms with Crippen LogP contribution in [0, 0.1) is 0 Å². The summed E-state index contributed by atoms with van der Waals surface area (Å²) in [5.74, 6) is -0.754. The van der Waals surface area contributed by atoms with Crippen molar-refractivity contribution in [3.63, 3.8) is 0 Å². The Labute approximate surface area is 105 Å². The van der Waals surface area contributed by atoms with Crippen molar-refractivity contribution in [2.24, 2.45) is 5.73 Å². The van der Waals surface area contributed by atoms with E-state index in [-0.39, 0.29) is 18.7 Å². The number of ether oxygens (including phenoxy) is 1. The van der Waals surface area contributed by atoms with Gasteiger partial charge >= 0.3 is 5.97 Å². The largest absolute Gasteiger partial charge is 0.462 e. The predicted molar refractivity (Wildman–Crippen MR) is 67.1 cm³/mol. The highest BCUT2D eigenvalue weighted by molar-refractivity contribution is 5.96. The predicted octanol–water partition coefficient (Wildman–Crippen LogP) is -0.238. The lowest BCUT2D eigenvalue weighted by molar-refractivity contribution is -0.116. The van der Waals surface area contributed by atoms with E-state index < -0.39 is 11.9 Å². The van der Waals surface area contributed by atoms with Gasteiger partial charge in [-0.2, -0.15) is 0 Å². The first-order valence-corrected chi connectivity index (χ1v) is 5.37. The quantitative estimate of drug-likeness (QED) is 0.700. The number of likely N-dealkylation sites (N-methyl/N-ethyl adjacent to an activating group) is 1. The van der Waals surface area contributed by atoms with Crippen LogP contribution in [0.25, 0.3) is 0 Å². The normalized spacial score (nSPS) is 9.89. The lowest BCUT2D eigenvalue weighted by atomic mass is 10.2. The Hall–Kier alpha value is -2.31. The van der Waals surface area contributed by atoms with Gasteiger partial charge in [-0.25, -0.2) is 9.78 Å². The van der Waals surface area contributed by atoms with E-state index in [2.05, 4.69) is 4.98 Å². The van der Waals surface area contributed by atoms with Crippen molar-refractivity contribution in [3.05, 3.63) is 17.8 Å². The Morgan fingerprint density at radius 1 is 1.50 bits per heavy atom. The molecule has 1 aromatic rings. The smallest absolute Gasteiger partial charge is 0.341 e. The average Bonchev–Trinajstić information content (AvgIpc) is 2.28. The lowest BCUT2D eigenvalue weighted by Crippen LogP contribution is -2.32. The fourth-order valence-electron chi connectivity index (χ4n) is 1.45. The highest BCUT2D eigenvalue weighted by Crippen LogP contribution is 2.19. The summed E-state index contributed by atoms with van der Waals surface area (Å²) in [6, 6.07) is 1.46. The molecular weight excluding hydrogens is 236 g/mol. The number of esters is 1. The topological polar surface area (TPSA) is 112 Å². The Kier molecular flexibility index (Phi) is 4.47. The molecule has 7 heteroatoms. The molecule has 4 N–H and O–H groups in total. The van der Waals surface area contributed by atoms with E-state index in [4.69, 9.17) is 16.2 Å². The molecule has 0 aliphatic rings. The lowest BCUT2D eigenvalue weighted by Gasteiger charge is -2.19. The Balaban J connectivity index is 3.10. The second kappa shape index (κ2) is 5.85. The Morgan fingerprint density at radius 3 is 2.72 bits per heavy atom. The first-order chi connectivity index (χ1) is 8.45. The van der Waals surface area contributed by atoms with Gasteiger partial charge in [0.2, 0.25) is 5.91 Å². The molecule has 0 bridgehead atoms. The van der Waals surface area contributed by atoms with Crippen LogP contribution in [0.4, 0.5) is 11.5 Å². The molecule has 98 valence electrons. The van der Waals surface area contributed by atoms with Crippen molar-refractivity contribution in [1.82, 2.24) is 4.98 Å². The van der Waals surface area contributed by atoms with Crippen molar-refractivity contribution < 1.29 is 14.3 Å². The summed E-state index contributed by atoms with van der Waals surface area (Å²) >= 11 is 0. The molecule has 1 heterocycles. The van der Waals surface area contributed by atoms with Gasteiger partial charge in [0.05, 0.1) is 25.0 Å². The van der Waals surface area contributed by atoms with Crippen LogP contribution in [0.1, 0.15) is 17.3 Å². The van der Waals surface area contributed by atoms with Crippen molar-refractivity contribution in [2.45, 2.75) is 6.92 Å². The zero-order valence-corrected chi connectivity index (χ0v) is 10.3. The number of nitrogens with zero attached hydrogens (tertiary/aromatic N) is 2. The number of primary amides is 1. The summed E-state index contributed by atoms with van der Waals surface area (Å²) in [4.78, 5) is 28.1. The molecule has 1 rings (SSSR count). The number of rotatable bonds is 5. The third-order valence-corrected chi connectivity index (χ3v) is 2.14. The number of nitrogens with two attached hydrogens (primary N) is 2. The van der Waals surface area contributed by atoms with Crippen LogP contribution in [0.3, 0.4) is 0 Å². The van der Waals surface area contributed by atoms with Crippen molar-refractivity contribution in [3.8, 4) is 0 Å². The van der Waals surface area contributed by atoms with E-state index in [1.54, 1.807) is 14.0 Å². The van der Waals surface area contributed by atoms with E-state index >= 15 is 0 Å². The van der Waals surface area contributed by atoms with Gasteiger partial charge < -0.3 is 21.1 Å². The molecule has 0 aromatic carbocycles. The highest BCUT2D eigenvalue weighted by Gasteiger charge is 2.18. The van der Waals surface area contributed by atoms with Crippen LogP contribution in [0.2, 0.25) is 0 Å². The Bertz CT molecular complexity index is 462. The molecule has 0 saturated heterocycles. The zero-order chi connectivity index (χ0) is 13.7. The highest BCUT2D eigenvalue weighted by atomic mass is 16.5. The van der Waals surface area contributed by atoms with E-state index in [9.17, 15) is 9.59 Å². The number of hydrogen-bond donors (Lipinski definition) is 2. The molecule has 0 fully saturated rings. The first kappa shape index (κ1) is 13.8. The molecular formula is C11H16N4O3. The van der Waals surface area contributed by atoms with Crippen LogP contribution < -0.4 is 16.4 Å². The summed E-state index contributed by atoms with van der Waals surface area (Å²) in [6.07, 6.45) is 1.40. The van der Waals surface area contributed by atoms with Gasteiger partial charge in [-0.3, -0.25) is 4.79 Å².